The van der Waals surface area contributed by atoms with Gasteiger partial charge in [-0.2, -0.15) is 5.10 Å². The zero-order valence-electron chi connectivity index (χ0n) is 9.86. The summed E-state index contributed by atoms with van der Waals surface area (Å²) in [6.45, 7) is 2.16. The Morgan fingerprint density at radius 3 is 3.06 bits per heavy atom. The number of likely N-dealkylation sites (tertiary alicyclic amines) is 1. The highest BCUT2D eigenvalue weighted by Crippen LogP contribution is 2.35. The molecule has 0 bridgehead atoms. The van der Waals surface area contributed by atoms with Gasteiger partial charge in [0, 0.05) is 36.2 Å². The molecule has 1 N–H and O–H groups in total. The number of nitrogens with one attached hydrogen (secondary N) is 1. The third-order valence-corrected chi connectivity index (χ3v) is 4.02. The van der Waals surface area contributed by atoms with Crippen LogP contribution in [0.1, 0.15) is 18.0 Å². The second-order valence-corrected chi connectivity index (χ2v) is 5.26. The molecule has 1 fully saturated rings. The van der Waals surface area contributed by atoms with Crippen molar-refractivity contribution in [3.8, 4) is 0 Å². The van der Waals surface area contributed by atoms with E-state index in [1.165, 1.54) is 5.71 Å². The summed E-state index contributed by atoms with van der Waals surface area (Å²) in [6.07, 6.45) is 1.06. The highest BCUT2D eigenvalue weighted by molar-refractivity contribution is 6.31. The van der Waals surface area contributed by atoms with Crippen LogP contribution in [0.5, 0.6) is 0 Å². The first-order chi connectivity index (χ1) is 8.25. The monoisotopic (exact) mass is 249 g/mol. The summed E-state index contributed by atoms with van der Waals surface area (Å²) in [5.74, 6) is 0.466. The molecule has 4 heteroatoms. The Morgan fingerprint density at radius 1 is 1.41 bits per heavy atom. The summed E-state index contributed by atoms with van der Waals surface area (Å²) in [7, 11) is 2.17. The molecule has 1 aromatic rings. The maximum absolute atomic E-state index is 6.27. The molecule has 2 unspecified atom stereocenters. The lowest BCUT2D eigenvalue weighted by Gasteiger charge is -2.31. The van der Waals surface area contributed by atoms with Gasteiger partial charge < -0.3 is 10.3 Å². The fourth-order valence-electron chi connectivity index (χ4n) is 2.72. The minimum atomic E-state index is 0.237. The van der Waals surface area contributed by atoms with Gasteiger partial charge in [-0.25, -0.2) is 0 Å². The molecule has 0 saturated carbocycles. The maximum atomic E-state index is 6.27. The molecule has 0 amide bonds. The quantitative estimate of drug-likeness (QED) is 0.827. The van der Waals surface area contributed by atoms with Crippen LogP contribution in [0.15, 0.2) is 29.4 Å². The minimum Gasteiger partial charge on any atom is -0.305 e. The van der Waals surface area contributed by atoms with Gasteiger partial charge in [-0.3, -0.25) is 0 Å². The summed E-state index contributed by atoms with van der Waals surface area (Å²) in [5, 5.41) is 5.30. The van der Waals surface area contributed by atoms with Crippen LogP contribution >= 0.6 is 11.6 Å². The molecule has 3 nitrogen and oxygen atoms in total. The van der Waals surface area contributed by atoms with E-state index in [1.807, 2.05) is 18.2 Å². The van der Waals surface area contributed by atoms with Crippen molar-refractivity contribution in [1.82, 2.24) is 10.3 Å². The topological polar surface area (TPSA) is 27.6 Å². The van der Waals surface area contributed by atoms with Gasteiger partial charge in [0.05, 0.1) is 6.04 Å². The van der Waals surface area contributed by atoms with Crippen molar-refractivity contribution in [1.29, 1.82) is 0 Å². The Morgan fingerprint density at radius 2 is 2.24 bits per heavy atom. The first-order valence-corrected chi connectivity index (χ1v) is 6.38. The van der Waals surface area contributed by atoms with E-state index in [2.05, 4.69) is 28.5 Å². The molecule has 90 valence electrons. The fourth-order valence-corrected chi connectivity index (χ4v) is 2.97. The molecule has 2 aliphatic heterocycles. The lowest BCUT2D eigenvalue weighted by Crippen LogP contribution is -2.39. The lowest BCUT2D eigenvalue weighted by molar-refractivity contribution is 0.272. The summed E-state index contributed by atoms with van der Waals surface area (Å²) >= 11 is 6.27. The predicted octanol–water partition coefficient (Wildman–Crippen LogP) is 2.29. The highest BCUT2D eigenvalue weighted by Gasteiger charge is 2.36. The smallest absolute Gasteiger partial charge is 0.0797 e. The van der Waals surface area contributed by atoms with Gasteiger partial charge in [-0.1, -0.05) is 29.8 Å². The van der Waals surface area contributed by atoms with E-state index in [9.17, 15) is 0 Å². The standard InChI is InChI=1S/C13H16ClN3/c1-17-7-6-12-10(8-17)13(16-15-12)9-4-2-3-5-11(9)14/h2-5,10,13,16H,6-8H2,1H3. The Hall–Kier alpha value is -1.06. The van der Waals surface area contributed by atoms with Crippen LogP contribution in [0, 0.1) is 5.92 Å². The number of piperidine rings is 1. The van der Waals surface area contributed by atoms with Gasteiger partial charge in [0.1, 0.15) is 0 Å². The van der Waals surface area contributed by atoms with E-state index in [0.29, 0.717) is 5.92 Å². The van der Waals surface area contributed by atoms with Crippen LogP contribution < -0.4 is 5.43 Å². The van der Waals surface area contributed by atoms with Gasteiger partial charge in [0.25, 0.3) is 0 Å². The summed E-state index contributed by atoms with van der Waals surface area (Å²) in [5.41, 5.74) is 5.71. The van der Waals surface area contributed by atoms with Gasteiger partial charge in [-0.15, -0.1) is 0 Å². The van der Waals surface area contributed by atoms with Gasteiger partial charge in [0.15, 0.2) is 0 Å². The van der Waals surface area contributed by atoms with Gasteiger partial charge >= 0.3 is 0 Å². The lowest BCUT2D eigenvalue weighted by atomic mass is 9.86. The zero-order valence-corrected chi connectivity index (χ0v) is 10.6. The molecule has 2 heterocycles. The van der Waals surface area contributed by atoms with Crippen LogP contribution in [0.3, 0.4) is 0 Å². The molecular weight excluding hydrogens is 234 g/mol. The summed E-state index contributed by atoms with van der Waals surface area (Å²) in [4.78, 5) is 2.36. The highest BCUT2D eigenvalue weighted by atomic mass is 35.5. The molecule has 0 spiro atoms. The average Bonchev–Trinajstić information content (AvgIpc) is 2.72. The molecule has 0 aromatic heterocycles. The SMILES string of the molecule is CN1CCC2=NNC(c3ccccc3Cl)C2C1. The number of benzene rings is 1. The largest absolute Gasteiger partial charge is 0.305 e. The predicted molar refractivity (Wildman–Crippen MR) is 70.4 cm³/mol. The molecule has 0 radical (unpaired) electrons. The molecule has 2 atom stereocenters. The average molecular weight is 250 g/mol. The second-order valence-electron chi connectivity index (χ2n) is 4.85. The number of hydrazone groups is 1. The normalized spacial score (nSPS) is 28.5. The first kappa shape index (κ1) is 11.1. The van der Waals surface area contributed by atoms with Crippen molar-refractivity contribution < 1.29 is 0 Å². The van der Waals surface area contributed by atoms with Crippen molar-refractivity contribution in [2.24, 2.45) is 11.0 Å². The van der Waals surface area contributed by atoms with E-state index < -0.39 is 0 Å². The van der Waals surface area contributed by atoms with Crippen molar-refractivity contribution in [3.63, 3.8) is 0 Å². The zero-order chi connectivity index (χ0) is 11.8. The number of hydrogen-bond donors (Lipinski definition) is 1. The Balaban J connectivity index is 1.89. The molecule has 17 heavy (non-hydrogen) atoms. The molecule has 1 aromatic carbocycles. The van der Waals surface area contributed by atoms with Crippen molar-refractivity contribution in [2.75, 3.05) is 20.1 Å². The van der Waals surface area contributed by atoms with E-state index in [1.54, 1.807) is 0 Å². The third-order valence-electron chi connectivity index (χ3n) is 3.68. The van der Waals surface area contributed by atoms with E-state index in [4.69, 9.17) is 11.6 Å². The Kier molecular flexibility index (Phi) is 2.81. The number of fused-ring (bicyclic) bond motifs is 1. The minimum absolute atomic E-state index is 0.237. The van der Waals surface area contributed by atoms with Crippen LogP contribution in [-0.2, 0) is 0 Å². The summed E-state index contributed by atoms with van der Waals surface area (Å²) in [6, 6.07) is 8.28. The van der Waals surface area contributed by atoms with Crippen LogP contribution in [-0.4, -0.2) is 30.7 Å². The number of halogens is 1. The molecule has 1 saturated heterocycles. The molecular formula is C13H16ClN3. The molecule has 2 aliphatic rings. The molecule has 3 rings (SSSR count). The third kappa shape index (κ3) is 1.94. The Labute approximate surface area is 106 Å². The van der Waals surface area contributed by atoms with Crippen LogP contribution in [0.25, 0.3) is 0 Å². The first-order valence-electron chi connectivity index (χ1n) is 6.00. The number of hydrogen-bond acceptors (Lipinski definition) is 3. The number of nitrogens with zero attached hydrogens (tertiary/aromatic N) is 2. The van der Waals surface area contributed by atoms with Crippen molar-refractivity contribution >= 4 is 17.3 Å². The summed E-state index contributed by atoms with van der Waals surface area (Å²) < 4.78 is 0. The maximum Gasteiger partial charge on any atom is 0.0797 e. The van der Waals surface area contributed by atoms with Crippen molar-refractivity contribution in [3.05, 3.63) is 34.9 Å². The van der Waals surface area contributed by atoms with Crippen LogP contribution in [0.2, 0.25) is 5.02 Å². The van der Waals surface area contributed by atoms with E-state index in [-0.39, 0.29) is 6.04 Å². The van der Waals surface area contributed by atoms with Crippen molar-refractivity contribution in [2.45, 2.75) is 12.5 Å². The fraction of sp³-hybridized carbons (Fsp3) is 0.462. The number of rotatable bonds is 1. The van der Waals surface area contributed by atoms with E-state index >= 15 is 0 Å². The van der Waals surface area contributed by atoms with Crippen LogP contribution in [0.4, 0.5) is 0 Å². The second kappa shape index (κ2) is 4.31. The molecule has 0 aliphatic carbocycles. The van der Waals surface area contributed by atoms with E-state index in [0.717, 1.165) is 30.1 Å². The van der Waals surface area contributed by atoms with Gasteiger partial charge in [0.2, 0.25) is 0 Å². The van der Waals surface area contributed by atoms with Gasteiger partial charge in [-0.05, 0) is 18.7 Å². The Bertz CT molecular complexity index is 458.